The van der Waals surface area contributed by atoms with Crippen molar-refractivity contribution in [3.8, 4) is 0 Å². The summed E-state index contributed by atoms with van der Waals surface area (Å²) in [5.74, 6) is -0.405. The zero-order valence-corrected chi connectivity index (χ0v) is 40.2. The second-order valence-corrected chi connectivity index (χ2v) is 17.4. The van der Waals surface area contributed by atoms with Gasteiger partial charge in [0.2, 0.25) is 0 Å². The molecule has 0 N–H and O–H groups in total. The highest BCUT2D eigenvalue weighted by atomic mass is 16.6. The summed E-state index contributed by atoms with van der Waals surface area (Å²) >= 11 is 0. The first kappa shape index (κ1) is 57.9. The lowest BCUT2D eigenvalue weighted by Gasteiger charge is -2.18. The average molecular weight is 841 g/mol. The number of ether oxygens (including phenoxy) is 3. The number of carbonyl (C=O) groups excluding carboxylic acids is 2. The van der Waals surface area contributed by atoms with Gasteiger partial charge in [0.05, 0.1) is 6.61 Å². The number of allylic oxidation sites excluding steroid dienone is 8. The van der Waals surface area contributed by atoms with Crippen molar-refractivity contribution in [1.29, 1.82) is 0 Å². The van der Waals surface area contributed by atoms with Crippen LogP contribution in [0.1, 0.15) is 265 Å². The predicted molar refractivity (Wildman–Crippen MR) is 261 cm³/mol. The first-order valence-electron chi connectivity index (χ1n) is 26.2. The normalized spacial score (nSPS) is 12.5. The van der Waals surface area contributed by atoms with Gasteiger partial charge in [-0.1, -0.05) is 223 Å². The average Bonchev–Trinajstić information content (AvgIpc) is 3.25. The van der Waals surface area contributed by atoms with E-state index in [4.69, 9.17) is 14.2 Å². The Labute approximate surface area is 373 Å². The maximum Gasteiger partial charge on any atom is 0.306 e. The molecular formula is C55H100O5. The molecule has 0 amide bonds. The molecule has 0 heterocycles. The molecule has 1 unspecified atom stereocenters. The van der Waals surface area contributed by atoms with Crippen molar-refractivity contribution in [3.63, 3.8) is 0 Å². The fourth-order valence-corrected chi connectivity index (χ4v) is 7.38. The lowest BCUT2D eigenvalue weighted by Crippen LogP contribution is -2.30. The Balaban J connectivity index is 4.24. The minimum atomic E-state index is -0.541. The van der Waals surface area contributed by atoms with Gasteiger partial charge < -0.3 is 14.2 Å². The molecule has 0 bridgehead atoms. The molecule has 0 saturated carbocycles. The third-order valence-electron chi connectivity index (χ3n) is 11.3. The van der Waals surface area contributed by atoms with Crippen molar-refractivity contribution in [2.45, 2.75) is 271 Å². The lowest BCUT2D eigenvalue weighted by molar-refractivity contribution is -0.163. The van der Waals surface area contributed by atoms with Gasteiger partial charge in [0.15, 0.2) is 6.10 Å². The summed E-state index contributed by atoms with van der Waals surface area (Å²) in [4.78, 5) is 25.4. The lowest BCUT2D eigenvalue weighted by atomic mass is 10.0. The molecule has 0 aliphatic rings. The fourth-order valence-electron chi connectivity index (χ4n) is 7.38. The Morgan fingerprint density at radius 2 is 0.717 bits per heavy atom. The SMILES string of the molecule is CCCC/C=C\CCCCCCCCOCC(COC(=O)CCCCCCCC/C=C\C/C=C\C/C=C\CCCCC)OC(=O)CCCCCCCCCCCCCCC. The van der Waals surface area contributed by atoms with Crippen LogP contribution in [0.25, 0.3) is 0 Å². The molecule has 0 fully saturated rings. The first-order valence-corrected chi connectivity index (χ1v) is 26.2. The van der Waals surface area contributed by atoms with Crippen LogP contribution in [0, 0.1) is 0 Å². The Morgan fingerprint density at radius 1 is 0.367 bits per heavy atom. The maximum atomic E-state index is 12.8. The molecule has 0 aromatic heterocycles. The molecule has 0 aliphatic heterocycles. The number of hydrogen-bond donors (Lipinski definition) is 0. The zero-order chi connectivity index (χ0) is 43.5. The summed E-state index contributed by atoms with van der Waals surface area (Å²) < 4.78 is 17.4. The van der Waals surface area contributed by atoms with Gasteiger partial charge in [-0.15, -0.1) is 0 Å². The quantitative estimate of drug-likeness (QED) is 0.0347. The van der Waals surface area contributed by atoms with Crippen molar-refractivity contribution in [3.05, 3.63) is 48.6 Å². The van der Waals surface area contributed by atoms with Crippen LogP contribution in [-0.2, 0) is 23.8 Å². The Morgan fingerprint density at radius 3 is 1.22 bits per heavy atom. The topological polar surface area (TPSA) is 61.8 Å². The molecule has 0 aliphatic carbocycles. The number of carbonyl (C=O) groups is 2. The Kier molecular flexibility index (Phi) is 49.4. The van der Waals surface area contributed by atoms with Crippen LogP contribution in [0.3, 0.4) is 0 Å². The van der Waals surface area contributed by atoms with E-state index in [1.54, 1.807) is 0 Å². The van der Waals surface area contributed by atoms with E-state index in [2.05, 4.69) is 69.4 Å². The van der Waals surface area contributed by atoms with Crippen molar-refractivity contribution in [2.75, 3.05) is 19.8 Å². The number of esters is 2. The Hall–Kier alpha value is -2.14. The van der Waals surface area contributed by atoms with Gasteiger partial charge in [0, 0.05) is 19.4 Å². The summed E-state index contributed by atoms with van der Waals surface area (Å²) in [6, 6.07) is 0. The second-order valence-electron chi connectivity index (χ2n) is 17.4. The van der Waals surface area contributed by atoms with Gasteiger partial charge in [-0.25, -0.2) is 0 Å². The van der Waals surface area contributed by atoms with Crippen molar-refractivity contribution in [2.24, 2.45) is 0 Å². The number of unbranched alkanes of at least 4 members (excludes halogenated alkanes) is 29. The molecular weight excluding hydrogens is 741 g/mol. The first-order chi connectivity index (χ1) is 29.6. The maximum absolute atomic E-state index is 12.8. The molecule has 0 radical (unpaired) electrons. The summed E-state index contributed by atoms with van der Waals surface area (Å²) in [5.41, 5.74) is 0. The summed E-state index contributed by atoms with van der Waals surface area (Å²) in [7, 11) is 0. The van der Waals surface area contributed by atoms with Gasteiger partial charge in [-0.2, -0.15) is 0 Å². The third kappa shape index (κ3) is 48.5. The summed E-state index contributed by atoms with van der Waals surface area (Å²) in [5, 5.41) is 0. The van der Waals surface area contributed by atoms with E-state index in [1.165, 1.54) is 167 Å². The van der Waals surface area contributed by atoms with Crippen LogP contribution >= 0.6 is 0 Å². The molecule has 0 spiro atoms. The van der Waals surface area contributed by atoms with E-state index in [-0.39, 0.29) is 25.2 Å². The van der Waals surface area contributed by atoms with Gasteiger partial charge >= 0.3 is 11.9 Å². The third-order valence-corrected chi connectivity index (χ3v) is 11.3. The van der Waals surface area contributed by atoms with Gasteiger partial charge in [-0.05, 0) is 77.0 Å². The van der Waals surface area contributed by atoms with Crippen molar-refractivity contribution >= 4 is 11.9 Å². The van der Waals surface area contributed by atoms with E-state index < -0.39 is 6.10 Å². The smallest absolute Gasteiger partial charge is 0.306 e. The molecule has 0 saturated heterocycles. The van der Waals surface area contributed by atoms with E-state index >= 15 is 0 Å². The Bertz CT molecular complexity index is 997. The summed E-state index contributed by atoms with van der Waals surface area (Å²) in [6.45, 7) is 7.77. The van der Waals surface area contributed by atoms with Gasteiger partial charge in [0.25, 0.3) is 0 Å². The highest BCUT2D eigenvalue weighted by Crippen LogP contribution is 2.15. The van der Waals surface area contributed by atoms with Gasteiger partial charge in [-0.3, -0.25) is 9.59 Å². The molecule has 60 heavy (non-hydrogen) atoms. The van der Waals surface area contributed by atoms with E-state index in [0.717, 1.165) is 64.2 Å². The number of rotatable bonds is 48. The highest BCUT2D eigenvalue weighted by molar-refractivity contribution is 5.70. The minimum Gasteiger partial charge on any atom is -0.462 e. The van der Waals surface area contributed by atoms with E-state index in [9.17, 15) is 9.59 Å². The monoisotopic (exact) mass is 841 g/mol. The second kappa shape index (κ2) is 51.2. The predicted octanol–water partition coefficient (Wildman–Crippen LogP) is 17.6. The number of hydrogen-bond acceptors (Lipinski definition) is 5. The molecule has 0 rings (SSSR count). The van der Waals surface area contributed by atoms with E-state index in [0.29, 0.717) is 19.4 Å². The zero-order valence-electron chi connectivity index (χ0n) is 40.2. The molecule has 350 valence electrons. The van der Waals surface area contributed by atoms with Crippen LogP contribution < -0.4 is 0 Å². The van der Waals surface area contributed by atoms with Crippen molar-refractivity contribution in [1.82, 2.24) is 0 Å². The highest BCUT2D eigenvalue weighted by Gasteiger charge is 2.17. The molecule has 0 aromatic rings. The largest absolute Gasteiger partial charge is 0.462 e. The van der Waals surface area contributed by atoms with E-state index in [1.807, 2.05) is 0 Å². The summed E-state index contributed by atoms with van der Waals surface area (Å²) in [6.07, 6.45) is 62.5. The van der Waals surface area contributed by atoms with Crippen LogP contribution in [0.2, 0.25) is 0 Å². The van der Waals surface area contributed by atoms with Crippen LogP contribution in [0.15, 0.2) is 48.6 Å². The standard InChI is InChI=1S/C55H100O5/c1-4-7-10-13-16-19-22-25-26-27-28-29-30-32-33-36-39-42-45-48-54(56)59-52-53(51-58-50-47-44-41-38-35-24-21-18-15-12-9-6-3)60-55(57)49-46-43-40-37-34-31-23-20-17-14-11-8-5-2/h15-16,18-19,25-26,28-29,53H,4-14,17,20-24,27,30-52H2,1-3H3/b18-15-,19-16-,26-25-,29-28-. The van der Waals surface area contributed by atoms with Crippen LogP contribution in [-0.4, -0.2) is 37.9 Å². The fraction of sp³-hybridized carbons (Fsp3) is 0.818. The van der Waals surface area contributed by atoms with Gasteiger partial charge in [0.1, 0.15) is 6.61 Å². The van der Waals surface area contributed by atoms with Crippen molar-refractivity contribution < 1.29 is 23.8 Å². The molecule has 5 nitrogen and oxygen atoms in total. The molecule has 1 atom stereocenters. The van der Waals surface area contributed by atoms with Crippen LogP contribution in [0.4, 0.5) is 0 Å². The minimum absolute atomic E-state index is 0.0789. The van der Waals surface area contributed by atoms with Crippen LogP contribution in [0.5, 0.6) is 0 Å². The molecule has 5 heteroatoms. The molecule has 0 aromatic carbocycles.